The molecule has 0 aliphatic rings. The molecule has 0 amide bonds. The maximum Gasteiger partial charge on any atom is 0.213 e. The first kappa shape index (κ1) is 19.4. The van der Waals surface area contributed by atoms with Crippen molar-refractivity contribution in [2.75, 3.05) is 0 Å². The first-order valence-electron chi connectivity index (χ1n) is 8.85. The van der Waals surface area contributed by atoms with Gasteiger partial charge in [0, 0.05) is 17.8 Å². The molecule has 0 aromatic rings. The smallest absolute Gasteiger partial charge is 0.213 e. The van der Waals surface area contributed by atoms with E-state index in [1.807, 2.05) is 0 Å². The first-order valence-corrected chi connectivity index (χ1v) is 8.85. The van der Waals surface area contributed by atoms with Gasteiger partial charge in [0.15, 0.2) is 0 Å². The Morgan fingerprint density at radius 3 is 1.50 bits per heavy atom. The van der Waals surface area contributed by atoms with Crippen molar-refractivity contribution in [3.63, 3.8) is 0 Å². The van der Waals surface area contributed by atoms with Crippen LogP contribution in [-0.2, 0) is 0 Å². The normalized spacial score (nSPS) is 12.5. The molecule has 0 aliphatic heterocycles. The molecule has 1 atom stereocenters. The average molecular weight is 285 g/mol. The molecule has 0 fully saturated rings. The maximum absolute atomic E-state index is 11.0. The predicted octanol–water partition coefficient (Wildman–Crippen LogP) is 6.13. The molecule has 0 aromatic heterocycles. The summed E-state index contributed by atoms with van der Waals surface area (Å²) in [5, 5.41) is 11.0. The molecule has 120 valence electrons. The van der Waals surface area contributed by atoms with Gasteiger partial charge in [-0.25, -0.2) is 0 Å². The lowest BCUT2D eigenvalue weighted by molar-refractivity contribution is -0.524. The lowest BCUT2D eigenvalue weighted by atomic mass is 10.0. The van der Waals surface area contributed by atoms with Crippen molar-refractivity contribution < 1.29 is 4.92 Å². The van der Waals surface area contributed by atoms with E-state index in [9.17, 15) is 10.1 Å². The van der Waals surface area contributed by atoms with E-state index < -0.39 is 0 Å². The van der Waals surface area contributed by atoms with Crippen molar-refractivity contribution in [1.82, 2.24) is 0 Å². The summed E-state index contributed by atoms with van der Waals surface area (Å²) in [6.07, 6.45) is 16.4. The number of nitro groups is 1. The van der Waals surface area contributed by atoms with Gasteiger partial charge in [-0.1, -0.05) is 78.1 Å². The van der Waals surface area contributed by atoms with Crippen LogP contribution in [0.1, 0.15) is 104 Å². The molecule has 0 radical (unpaired) electrons. The zero-order valence-corrected chi connectivity index (χ0v) is 13.7. The number of nitrogens with zero attached hydrogens (tertiary/aromatic N) is 1. The minimum absolute atomic E-state index is 0.0552. The maximum atomic E-state index is 11.0. The molecular formula is C17H35NO2. The largest absolute Gasteiger partial charge is 0.264 e. The number of hydrogen-bond donors (Lipinski definition) is 0. The summed E-state index contributed by atoms with van der Waals surface area (Å²) in [4.78, 5) is 10.9. The zero-order valence-electron chi connectivity index (χ0n) is 13.7. The highest BCUT2D eigenvalue weighted by molar-refractivity contribution is 4.58. The van der Waals surface area contributed by atoms with Gasteiger partial charge in [0.05, 0.1) is 0 Å². The van der Waals surface area contributed by atoms with E-state index in [4.69, 9.17) is 0 Å². The number of unbranched alkanes of at least 4 members (excludes halogenated alkanes) is 10. The Morgan fingerprint density at radius 2 is 1.05 bits per heavy atom. The SMILES string of the molecule is CCCCCCCCCCCC(CCCCC)[N+](=O)[O-]. The molecule has 0 bridgehead atoms. The summed E-state index contributed by atoms with van der Waals surface area (Å²) in [6, 6.07) is -0.286. The first-order chi connectivity index (χ1) is 9.72. The fraction of sp³-hybridized carbons (Fsp3) is 1.00. The van der Waals surface area contributed by atoms with Crippen LogP contribution in [0.2, 0.25) is 0 Å². The van der Waals surface area contributed by atoms with Crippen LogP contribution in [-0.4, -0.2) is 11.0 Å². The third-order valence-electron chi connectivity index (χ3n) is 4.08. The van der Waals surface area contributed by atoms with Crippen LogP contribution in [0, 0.1) is 10.1 Å². The van der Waals surface area contributed by atoms with Crippen molar-refractivity contribution in [3.8, 4) is 0 Å². The Balaban J connectivity index is 3.42. The Bertz CT molecular complexity index is 219. The van der Waals surface area contributed by atoms with Crippen LogP contribution >= 0.6 is 0 Å². The fourth-order valence-corrected chi connectivity index (χ4v) is 2.68. The Hall–Kier alpha value is -0.600. The van der Waals surface area contributed by atoms with Gasteiger partial charge in [-0.3, -0.25) is 10.1 Å². The molecule has 0 saturated heterocycles. The van der Waals surface area contributed by atoms with E-state index in [2.05, 4.69) is 13.8 Å². The summed E-state index contributed by atoms with van der Waals surface area (Å²) < 4.78 is 0. The molecule has 0 N–H and O–H groups in total. The van der Waals surface area contributed by atoms with Gasteiger partial charge in [-0.2, -0.15) is 0 Å². The van der Waals surface area contributed by atoms with Gasteiger partial charge in [0.25, 0.3) is 0 Å². The standard InChI is InChI=1S/C17H35NO2/c1-3-5-7-8-9-10-11-12-14-16-17(18(19)20)15-13-6-4-2/h17H,3-16H2,1-2H3. The quantitative estimate of drug-likeness (QED) is 0.206. The van der Waals surface area contributed by atoms with Gasteiger partial charge in [-0.15, -0.1) is 0 Å². The molecular weight excluding hydrogens is 250 g/mol. The van der Waals surface area contributed by atoms with Gasteiger partial charge in [0.2, 0.25) is 6.04 Å². The summed E-state index contributed by atoms with van der Waals surface area (Å²) in [7, 11) is 0. The predicted molar refractivity (Wildman–Crippen MR) is 86.8 cm³/mol. The molecule has 0 aliphatic carbocycles. The molecule has 0 saturated carbocycles. The van der Waals surface area contributed by atoms with Crippen molar-refractivity contribution in [3.05, 3.63) is 10.1 Å². The van der Waals surface area contributed by atoms with Crippen molar-refractivity contribution in [2.24, 2.45) is 0 Å². The van der Waals surface area contributed by atoms with Crippen molar-refractivity contribution >= 4 is 0 Å². The van der Waals surface area contributed by atoms with E-state index >= 15 is 0 Å². The summed E-state index contributed by atoms with van der Waals surface area (Å²) in [5.41, 5.74) is 0. The van der Waals surface area contributed by atoms with E-state index in [0.717, 1.165) is 38.5 Å². The monoisotopic (exact) mass is 285 g/mol. The van der Waals surface area contributed by atoms with Crippen LogP contribution in [0.25, 0.3) is 0 Å². The van der Waals surface area contributed by atoms with Crippen LogP contribution in [0.5, 0.6) is 0 Å². The third kappa shape index (κ3) is 12.4. The summed E-state index contributed by atoms with van der Waals surface area (Å²) in [6.45, 7) is 4.38. The van der Waals surface area contributed by atoms with Crippen molar-refractivity contribution in [1.29, 1.82) is 0 Å². The highest BCUT2D eigenvalue weighted by Crippen LogP contribution is 2.15. The van der Waals surface area contributed by atoms with Crippen molar-refractivity contribution in [2.45, 2.75) is 110 Å². The molecule has 3 heteroatoms. The molecule has 0 aromatic carbocycles. The minimum atomic E-state index is -0.286. The second-order valence-electron chi connectivity index (χ2n) is 6.05. The van der Waals surface area contributed by atoms with E-state index in [0.29, 0.717) is 0 Å². The topological polar surface area (TPSA) is 43.1 Å². The average Bonchev–Trinajstić information content (AvgIpc) is 2.43. The lowest BCUT2D eigenvalue weighted by Gasteiger charge is -2.09. The molecule has 20 heavy (non-hydrogen) atoms. The summed E-state index contributed by atoms with van der Waals surface area (Å²) in [5.74, 6) is 0. The Morgan fingerprint density at radius 1 is 0.700 bits per heavy atom. The van der Waals surface area contributed by atoms with Crippen LogP contribution in [0.15, 0.2) is 0 Å². The van der Waals surface area contributed by atoms with Crippen LogP contribution in [0.3, 0.4) is 0 Å². The van der Waals surface area contributed by atoms with Crippen LogP contribution in [0.4, 0.5) is 0 Å². The second kappa shape index (κ2) is 14.8. The highest BCUT2D eigenvalue weighted by Gasteiger charge is 2.18. The number of hydrogen-bond acceptors (Lipinski definition) is 2. The second-order valence-corrected chi connectivity index (χ2v) is 6.05. The molecule has 1 unspecified atom stereocenters. The Kier molecular flexibility index (Phi) is 14.4. The fourth-order valence-electron chi connectivity index (χ4n) is 2.68. The van der Waals surface area contributed by atoms with Crippen LogP contribution < -0.4 is 0 Å². The van der Waals surface area contributed by atoms with Gasteiger partial charge in [-0.05, 0) is 12.8 Å². The molecule has 0 heterocycles. The minimum Gasteiger partial charge on any atom is -0.264 e. The Labute approximate surface area is 125 Å². The van der Waals surface area contributed by atoms with Gasteiger partial charge < -0.3 is 0 Å². The molecule has 3 nitrogen and oxygen atoms in total. The molecule has 0 spiro atoms. The van der Waals surface area contributed by atoms with Gasteiger partial charge >= 0.3 is 0 Å². The summed E-state index contributed by atoms with van der Waals surface area (Å²) >= 11 is 0. The third-order valence-corrected chi connectivity index (χ3v) is 4.08. The lowest BCUT2D eigenvalue weighted by Crippen LogP contribution is -2.19. The number of rotatable bonds is 15. The van der Waals surface area contributed by atoms with Gasteiger partial charge in [0.1, 0.15) is 0 Å². The van der Waals surface area contributed by atoms with E-state index in [1.54, 1.807) is 0 Å². The highest BCUT2D eigenvalue weighted by atomic mass is 16.6. The van der Waals surface area contributed by atoms with E-state index in [-0.39, 0.29) is 11.0 Å². The zero-order chi connectivity index (χ0) is 15.1. The molecule has 0 rings (SSSR count). The van der Waals surface area contributed by atoms with E-state index in [1.165, 1.54) is 51.4 Å².